The molecule has 0 unspecified atom stereocenters. The quantitative estimate of drug-likeness (QED) is 0.101. The number of aryl methyl sites for hydroxylation is 3. The normalized spacial score (nSPS) is 17.8. The van der Waals surface area contributed by atoms with Crippen molar-refractivity contribution in [3.8, 4) is 29.3 Å². The van der Waals surface area contributed by atoms with Crippen LogP contribution >= 0.6 is 0 Å². The fraction of sp³-hybridized carbons (Fsp3) is 0.432. The standard InChI is InChI=1S/C44H51NO6/c1-30(46)28-45-37-11-8-10-31(25-37)9-6-4-3-5-7-12-39-27-38(47)18-13-32-14-20-41(49-2)42(26-32)51-29-33-23-35-16-15-34(21-22-50-39)44-40(48)19-17-36(24-33)43(35)44/h8,10-11,14,17,19-20,23-26,30,34,39,45-46,48H,3-7,9,12-13,15-16,18,27-29H2,1-2H3/t30-,34+,39-/m0/s1. The Morgan fingerprint density at radius 2 is 1.82 bits per heavy atom. The van der Waals surface area contributed by atoms with Gasteiger partial charge in [-0.25, -0.2) is 0 Å². The number of carbonyl (C=O) groups excluding carboxylic acids is 1. The van der Waals surface area contributed by atoms with Gasteiger partial charge in [-0.3, -0.25) is 4.79 Å². The number of aromatic hydroxyl groups is 1. The summed E-state index contributed by atoms with van der Waals surface area (Å²) in [5, 5.41) is 26.0. The highest BCUT2D eigenvalue weighted by molar-refractivity contribution is 5.93. The van der Waals surface area contributed by atoms with Gasteiger partial charge in [-0.1, -0.05) is 55.5 Å². The molecule has 0 saturated heterocycles. The summed E-state index contributed by atoms with van der Waals surface area (Å²) in [4.78, 5) is 13.3. The van der Waals surface area contributed by atoms with E-state index in [2.05, 4.69) is 47.7 Å². The number of aliphatic hydroxyl groups is 1. The lowest BCUT2D eigenvalue weighted by atomic mass is 9.80. The molecule has 7 rings (SSSR count). The van der Waals surface area contributed by atoms with Crippen molar-refractivity contribution in [2.45, 2.75) is 109 Å². The number of fused-ring (bicyclic) bond motifs is 7. The number of methoxy groups -OCH3 is 1. The second-order valence-corrected chi connectivity index (χ2v) is 14.2. The number of ketones is 1. The summed E-state index contributed by atoms with van der Waals surface area (Å²) < 4.78 is 18.1. The number of rotatable bonds is 12. The monoisotopic (exact) mass is 689 g/mol. The van der Waals surface area contributed by atoms with Crippen LogP contribution in [0.5, 0.6) is 17.2 Å². The summed E-state index contributed by atoms with van der Waals surface area (Å²) in [7, 11) is 1.64. The lowest BCUT2D eigenvalue weighted by Crippen LogP contribution is -2.17. The summed E-state index contributed by atoms with van der Waals surface area (Å²) in [6, 6.07) is 22.4. The molecule has 2 heterocycles. The van der Waals surface area contributed by atoms with Crippen molar-refractivity contribution in [3.63, 3.8) is 0 Å². The number of hydrogen-bond donors (Lipinski definition) is 3. The van der Waals surface area contributed by atoms with Gasteiger partial charge in [0.1, 0.15) is 30.4 Å². The van der Waals surface area contributed by atoms with Crippen LogP contribution in [0.25, 0.3) is 10.8 Å². The molecule has 0 saturated carbocycles. The molecule has 0 radical (unpaired) electrons. The maximum atomic E-state index is 13.3. The Bertz CT molecular complexity index is 1870. The van der Waals surface area contributed by atoms with E-state index in [9.17, 15) is 15.0 Å². The average Bonchev–Trinajstić information content (AvgIpc) is 3.13. The minimum Gasteiger partial charge on any atom is -0.508 e. The Labute approximate surface area is 302 Å². The Morgan fingerprint density at radius 3 is 2.69 bits per heavy atom. The highest BCUT2D eigenvalue weighted by Gasteiger charge is 2.25. The molecule has 2 aliphatic heterocycles. The molecule has 0 aromatic heterocycles. The fourth-order valence-corrected chi connectivity index (χ4v) is 7.38. The second kappa shape index (κ2) is 17.5. The summed E-state index contributed by atoms with van der Waals surface area (Å²) in [6.07, 6.45) is 12.6. The maximum absolute atomic E-state index is 13.3. The van der Waals surface area contributed by atoms with Gasteiger partial charge in [-0.05, 0) is 121 Å². The first-order valence-electron chi connectivity index (χ1n) is 18.6. The number of ether oxygens (including phenoxy) is 3. The van der Waals surface area contributed by atoms with E-state index in [-0.39, 0.29) is 29.7 Å². The molecule has 3 atom stereocenters. The van der Waals surface area contributed by atoms with Gasteiger partial charge in [0.2, 0.25) is 0 Å². The van der Waals surface area contributed by atoms with E-state index in [1.807, 2.05) is 30.3 Å². The molecule has 0 spiro atoms. The van der Waals surface area contributed by atoms with Crippen molar-refractivity contribution < 1.29 is 29.2 Å². The average molecular weight is 690 g/mol. The maximum Gasteiger partial charge on any atom is 0.161 e. The molecule has 3 aliphatic rings. The van der Waals surface area contributed by atoms with E-state index in [1.165, 1.54) is 11.1 Å². The topological polar surface area (TPSA) is 97.2 Å². The molecule has 7 heteroatoms. The van der Waals surface area contributed by atoms with Crippen molar-refractivity contribution in [1.82, 2.24) is 0 Å². The third kappa shape index (κ3) is 9.77. The number of unbranched alkanes of at least 4 members (excludes halogenated alkanes) is 4. The zero-order valence-corrected chi connectivity index (χ0v) is 30.0. The summed E-state index contributed by atoms with van der Waals surface area (Å²) in [6.45, 7) is 2.71. The number of phenolic OH excluding ortho intramolecular Hbond substituents is 1. The molecular formula is C44H51NO6. The zero-order valence-electron chi connectivity index (χ0n) is 30.0. The molecule has 4 aromatic carbocycles. The van der Waals surface area contributed by atoms with Crippen LogP contribution in [0.4, 0.5) is 5.69 Å². The predicted octanol–water partition coefficient (Wildman–Crippen LogP) is 8.79. The molecule has 0 amide bonds. The number of anilines is 1. The number of aliphatic hydroxyl groups excluding tert-OH is 1. The molecule has 1 aliphatic carbocycles. The minimum atomic E-state index is -0.380. The van der Waals surface area contributed by atoms with Crippen LogP contribution in [0.3, 0.4) is 0 Å². The van der Waals surface area contributed by atoms with Crippen molar-refractivity contribution in [1.29, 1.82) is 0 Å². The van der Waals surface area contributed by atoms with Gasteiger partial charge in [0.25, 0.3) is 0 Å². The first-order valence-corrected chi connectivity index (χ1v) is 18.6. The summed E-state index contributed by atoms with van der Waals surface area (Å²) >= 11 is 0. The van der Waals surface area contributed by atoms with Crippen LogP contribution in [0, 0.1) is 12.0 Å². The van der Waals surface area contributed by atoms with Crippen LogP contribution in [0.15, 0.2) is 66.7 Å². The fourth-order valence-electron chi connectivity index (χ4n) is 7.38. The first kappa shape index (κ1) is 36.1. The van der Waals surface area contributed by atoms with Gasteiger partial charge in [0, 0.05) is 30.6 Å². The van der Waals surface area contributed by atoms with Gasteiger partial charge >= 0.3 is 0 Å². The third-order valence-electron chi connectivity index (χ3n) is 10.1. The number of phenols is 1. The molecule has 268 valence electrons. The van der Waals surface area contributed by atoms with E-state index in [1.54, 1.807) is 20.1 Å². The van der Waals surface area contributed by atoms with Gasteiger partial charge in [0.15, 0.2) is 11.5 Å². The van der Waals surface area contributed by atoms with Crippen LogP contribution < -0.4 is 14.8 Å². The van der Waals surface area contributed by atoms with Crippen LogP contribution in [0.1, 0.15) is 98.4 Å². The zero-order chi connectivity index (χ0) is 35.6. The molecule has 7 nitrogen and oxygen atoms in total. The predicted molar refractivity (Wildman–Crippen MR) is 203 cm³/mol. The Morgan fingerprint density at radius 1 is 0.961 bits per heavy atom. The molecule has 3 N–H and O–H groups in total. The van der Waals surface area contributed by atoms with Crippen molar-refractivity contribution in [2.24, 2.45) is 0 Å². The molecule has 0 fully saturated rings. The Hall–Kier alpha value is -4.67. The number of carbonyl (C=O) groups is 1. The Kier molecular flexibility index (Phi) is 12.4. The number of hydrogen-bond acceptors (Lipinski definition) is 7. The highest BCUT2D eigenvalue weighted by Crippen LogP contribution is 2.42. The number of nitrogens with one attached hydrogen (secondary N) is 1. The number of Topliss-reactive ketones (excluding diaryl/α,β-unsaturated/α-hetero) is 1. The second-order valence-electron chi connectivity index (χ2n) is 14.2. The van der Waals surface area contributed by atoms with Gasteiger partial charge in [-0.15, -0.1) is 0 Å². The number of benzene rings is 4. The molecular weight excluding hydrogens is 638 g/mol. The molecule has 8 bridgehead atoms. The van der Waals surface area contributed by atoms with Crippen LogP contribution in [-0.2, 0) is 35.4 Å². The largest absolute Gasteiger partial charge is 0.508 e. The summed E-state index contributed by atoms with van der Waals surface area (Å²) in [5.41, 5.74) is 6.48. The lowest BCUT2D eigenvalue weighted by molar-refractivity contribution is -0.121. The molecule has 51 heavy (non-hydrogen) atoms. The third-order valence-corrected chi connectivity index (χ3v) is 10.1. The smallest absolute Gasteiger partial charge is 0.161 e. The van der Waals surface area contributed by atoms with Crippen LogP contribution in [0.2, 0.25) is 0 Å². The van der Waals surface area contributed by atoms with Gasteiger partial charge in [0.05, 0.1) is 19.1 Å². The lowest BCUT2D eigenvalue weighted by Gasteiger charge is -2.24. The van der Waals surface area contributed by atoms with Crippen molar-refractivity contribution in [3.05, 3.63) is 94.5 Å². The van der Waals surface area contributed by atoms with Crippen molar-refractivity contribution >= 4 is 22.2 Å². The van der Waals surface area contributed by atoms with Crippen LogP contribution in [-0.4, -0.2) is 41.9 Å². The summed E-state index contributed by atoms with van der Waals surface area (Å²) in [5.74, 6) is 4.91. The van der Waals surface area contributed by atoms with E-state index < -0.39 is 0 Å². The minimum absolute atomic E-state index is 0.151. The van der Waals surface area contributed by atoms with E-state index in [0.29, 0.717) is 43.9 Å². The molecule has 4 aromatic rings. The van der Waals surface area contributed by atoms with E-state index >= 15 is 0 Å². The SMILES string of the molecule is COc1ccc2cc1OCc1cc3c4c(c(O)ccc4c1)[C@@H](C#CO[C@@H](CCCCCCCc1cccc(NC[C@H](C)O)c1)CC(=O)CC2)CC3. The first-order chi connectivity index (χ1) is 24.9. The highest BCUT2D eigenvalue weighted by atomic mass is 16.5. The van der Waals surface area contributed by atoms with E-state index in [4.69, 9.17) is 14.2 Å². The van der Waals surface area contributed by atoms with E-state index in [0.717, 1.165) is 90.9 Å². The van der Waals surface area contributed by atoms with Gasteiger partial charge < -0.3 is 29.7 Å². The van der Waals surface area contributed by atoms with Crippen molar-refractivity contribution in [2.75, 3.05) is 19.0 Å². The Balaban J connectivity index is 1.12. The van der Waals surface area contributed by atoms with Gasteiger partial charge in [-0.2, -0.15) is 0 Å².